The summed E-state index contributed by atoms with van der Waals surface area (Å²) in [6.45, 7) is 5.83. The number of aryl methyl sites for hydroxylation is 3. The standard InChI is InChI=1S/C25H34N2O3S/c1-5-23(21-14-13-19-9-7-8-10-20(19)17-21)26-25(28)24(6-2)27(31(4,29)30)22-15-11-18(3)12-16-22/h11-17,23-24H,5-10H2,1-4H3,(H,26,28)/t23-,24+/m0/s1. The van der Waals surface area contributed by atoms with Crippen LogP contribution in [0.3, 0.4) is 0 Å². The van der Waals surface area contributed by atoms with Gasteiger partial charge in [-0.15, -0.1) is 0 Å². The highest BCUT2D eigenvalue weighted by molar-refractivity contribution is 7.92. The molecule has 0 aliphatic heterocycles. The molecule has 0 saturated carbocycles. The van der Waals surface area contributed by atoms with E-state index in [0.717, 1.165) is 36.6 Å². The topological polar surface area (TPSA) is 66.5 Å². The molecule has 2 atom stereocenters. The van der Waals surface area contributed by atoms with Gasteiger partial charge in [0.2, 0.25) is 15.9 Å². The highest BCUT2D eigenvalue weighted by Gasteiger charge is 2.32. The second-order valence-corrected chi connectivity index (χ2v) is 10.4. The molecule has 3 rings (SSSR count). The first-order chi connectivity index (χ1) is 14.7. The minimum Gasteiger partial charge on any atom is -0.347 e. The number of rotatable bonds is 8. The van der Waals surface area contributed by atoms with Crippen molar-refractivity contribution < 1.29 is 13.2 Å². The lowest BCUT2D eigenvalue weighted by molar-refractivity contribution is -0.123. The van der Waals surface area contributed by atoms with E-state index in [-0.39, 0.29) is 11.9 Å². The van der Waals surface area contributed by atoms with Gasteiger partial charge < -0.3 is 5.32 Å². The van der Waals surface area contributed by atoms with E-state index in [1.807, 2.05) is 32.9 Å². The molecule has 0 heterocycles. The maximum Gasteiger partial charge on any atom is 0.244 e. The summed E-state index contributed by atoms with van der Waals surface area (Å²) in [6, 6.07) is 12.8. The van der Waals surface area contributed by atoms with Crippen molar-refractivity contribution in [1.29, 1.82) is 0 Å². The summed E-state index contributed by atoms with van der Waals surface area (Å²) < 4.78 is 26.6. The van der Waals surface area contributed by atoms with E-state index >= 15 is 0 Å². The zero-order valence-corrected chi connectivity index (χ0v) is 19.8. The number of nitrogens with zero attached hydrogens (tertiary/aromatic N) is 1. The van der Waals surface area contributed by atoms with E-state index in [1.54, 1.807) is 12.1 Å². The number of hydrogen-bond donors (Lipinski definition) is 1. The molecular weight excluding hydrogens is 408 g/mol. The van der Waals surface area contributed by atoms with E-state index < -0.39 is 16.1 Å². The second kappa shape index (κ2) is 9.86. The van der Waals surface area contributed by atoms with Crippen LogP contribution in [0.2, 0.25) is 0 Å². The zero-order valence-electron chi connectivity index (χ0n) is 19.0. The van der Waals surface area contributed by atoms with Crippen LogP contribution in [-0.2, 0) is 27.7 Å². The van der Waals surface area contributed by atoms with Crippen LogP contribution in [0.4, 0.5) is 5.69 Å². The highest BCUT2D eigenvalue weighted by Crippen LogP contribution is 2.27. The summed E-state index contributed by atoms with van der Waals surface area (Å²) in [5, 5.41) is 3.13. The summed E-state index contributed by atoms with van der Waals surface area (Å²) >= 11 is 0. The number of fused-ring (bicyclic) bond motifs is 1. The average molecular weight is 443 g/mol. The lowest BCUT2D eigenvalue weighted by Crippen LogP contribution is -2.50. The molecule has 168 valence electrons. The molecule has 0 aromatic heterocycles. The Morgan fingerprint density at radius 2 is 1.65 bits per heavy atom. The van der Waals surface area contributed by atoms with E-state index in [1.165, 1.54) is 28.3 Å². The van der Waals surface area contributed by atoms with Gasteiger partial charge >= 0.3 is 0 Å². The summed E-state index contributed by atoms with van der Waals surface area (Å²) in [5.41, 5.74) is 5.42. The number of nitrogens with one attached hydrogen (secondary N) is 1. The van der Waals surface area contributed by atoms with Gasteiger partial charge in [-0.25, -0.2) is 8.42 Å². The highest BCUT2D eigenvalue weighted by atomic mass is 32.2. The predicted octanol–water partition coefficient (Wildman–Crippen LogP) is 4.69. The van der Waals surface area contributed by atoms with Crippen LogP contribution in [0.5, 0.6) is 0 Å². The maximum absolute atomic E-state index is 13.3. The van der Waals surface area contributed by atoms with E-state index in [9.17, 15) is 13.2 Å². The SMILES string of the molecule is CC[C@H](NC(=O)[C@@H](CC)N(c1ccc(C)cc1)S(C)(=O)=O)c1ccc2c(c1)CCCC2. The molecule has 0 spiro atoms. The first-order valence-corrected chi connectivity index (χ1v) is 13.1. The number of carbonyl (C=O) groups is 1. The predicted molar refractivity (Wildman–Crippen MR) is 127 cm³/mol. The van der Waals surface area contributed by atoms with Crippen LogP contribution < -0.4 is 9.62 Å². The molecular formula is C25H34N2O3S. The molecule has 1 aliphatic carbocycles. The summed E-state index contributed by atoms with van der Waals surface area (Å²) in [5.74, 6) is -0.266. The number of carbonyl (C=O) groups excluding carboxylic acids is 1. The van der Waals surface area contributed by atoms with Crippen LogP contribution in [0, 0.1) is 6.92 Å². The van der Waals surface area contributed by atoms with Gasteiger partial charge in [-0.05, 0) is 74.3 Å². The Labute approximate surface area is 186 Å². The minimum absolute atomic E-state index is 0.145. The molecule has 0 radical (unpaired) electrons. The van der Waals surface area contributed by atoms with Crippen molar-refractivity contribution >= 4 is 21.6 Å². The molecule has 2 aromatic rings. The van der Waals surface area contributed by atoms with Crippen LogP contribution in [0.1, 0.15) is 67.8 Å². The van der Waals surface area contributed by atoms with Gasteiger partial charge in [-0.3, -0.25) is 9.10 Å². The lowest BCUT2D eigenvalue weighted by Gasteiger charge is -2.31. The molecule has 0 unspecified atom stereocenters. The van der Waals surface area contributed by atoms with Crippen LogP contribution >= 0.6 is 0 Å². The van der Waals surface area contributed by atoms with E-state index in [2.05, 4.69) is 23.5 Å². The van der Waals surface area contributed by atoms with Gasteiger partial charge in [0.05, 0.1) is 18.0 Å². The fourth-order valence-electron chi connectivity index (χ4n) is 4.41. The number of benzene rings is 2. The number of anilines is 1. The van der Waals surface area contributed by atoms with Crippen molar-refractivity contribution in [2.45, 2.75) is 71.4 Å². The van der Waals surface area contributed by atoms with Gasteiger partial charge in [0.1, 0.15) is 6.04 Å². The van der Waals surface area contributed by atoms with E-state index in [0.29, 0.717) is 12.1 Å². The normalized spacial score (nSPS) is 15.6. The summed E-state index contributed by atoms with van der Waals surface area (Å²) in [7, 11) is -3.63. The van der Waals surface area contributed by atoms with Crippen molar-refractivity contribution in [3.63, 3.8) is 0 Å². The van der Waals surface area contributed by atoms with Gasteiger partial charge in [-0.1, -0.05) is 49.7 Å². The second-order valence-electron chi connectivity index (χ2n) is 8.52. The van der Waals surface area contributed by atoms with Crippen molar-refractivity contribution in [2.75, 3.05) is 10.6 Å². The Morgan fingerprint density at radius 1 is 1.00 bits per heavy atom. The van der Waals surface area contributed by atoms with Crippen LogP contribution in [0.25, 0.3) is 0 Å². The van der Waals surface area contributed by atoms with Gasteiger partial charge in [0, 0.05) is 0 Å². The van der Waals surface area contributed by atoms with Gasteiger partial charge in [0.25, 0.3) is 0 Å². The monoisotopic (exact) mass is 442 g/mol. The third-order valence-electron chi connectivity index (χ3n) is 6.12. The maximum atomic E-state index is 13.3. The first-order valence-electron chi connectivity index (χ1n) is 11.2. The minimum atomic E-state index is -3.63. The van der Waals surface area contributed by atoms with Crippen molar-refractivity contribution in [2.24, 2.45) is 0 Å². The molecule has 31 heavy (non-hydrogen) atoms. The third kappa shape index (κ3) is 5.48. The average Bonchev–Trinajstić information content (AvgIpc) is 2.75. The number of sulfonamides is 1. The van der Waals surface area contributed by atoms with E-state index in [4.69, 9.17) is 0 Å². The van der Waals surface area contributed by atoms with Gasteiger partial charge in [-0.2, -0.15) is 0 Å². The Hall–Kier alpha value is -2.34. The molecule has 0 fully saturated rings. The molecule has 1 amide bonds. The Bertz CT molecular complexity index is 1020. The Kier molecular flexibility index (Phi) is 7.42. The Balaban J connectivity index is 1.86. The molecule has 6 heteroatoms. The summed E-state index contributed by atoms with van der Waals surface area (Å²) in [6.07, 6.45) is 6.93. The fourth-order valence-corrected chi connectivity index (χ4v) is 5.62. The molecule has 1 aliphatic rings. The van der Waals surface area contributed by atoms with Crippen molar-refractivity contribution in [3.05, 3.63) is 64.7 Å². The largest absolute Gasteiger partial charge is 0.347 e. The molecule has 0 bridgehead atoms. The molecule has 1 N–H and O–H groups in total. The summed E-state index contributed by atoms with van der Waals surface area (Å²) in [4.78, 5) is 13.3. The number of hydrogen-bond acceptors (Lipinski definition) is 3. The molecule has 0 saturated heterocycles. The fraction of sp³-hybridized carbons (Fsp3) is 0.480. The van der Waals surface area contributed by atoms with Crippen LogP contribution in [-0.4, -0.2) is 26.6 Å². The van der Waals surface area contributed by atoms with Crippen molar-refractivity contribution in [3.8, 4) is 0 Å². The quantitative estimate of drug-likeness (QED) is 0.645. The van der Waals surface area contributed by atoms with Gasteiger partial charge in [0.15, 0.2) is 0 Å². The zero-order chi connectivity index (χ0) is 22.6. The smallest absolute Gasteiger partial charge is 0.244 e. The first kappa shape index (κ1) is 23.3. The molecule has 2 aromatic carbocycles. The molecule has 5 nitrogen and oxygen atoms in total. The lowest BCUT2D eigenvalue weighted by atomic mass is 9.88. The number of amides is 1. The third-order valence-corrected chi connectivity index (χ3v) is 7.30. The van der Waals surface area contributed by atoms with Crippen molar-refractivity contribution in [1.82, 2.24) is 5.32 Å². The Morgan fingerprint density at radius 3 is 2.23 bits per heavy atom. The van der Waals surface area contributed by atoms with Crippen LogP contribution in [0.15, 0.2) is 42.5 Å².